The van der Waals surface area contributed by atoms with Gasteiger partial charge in [-0.2, -0.15) is 0 Å². The highest BCUT2D eigenvalue weighted by Crippen LogP contribution is 2.02. The molecule has 112 valence electrons. The number of nitrogens with one attached hydrogen (secondary N) is 2. The number of aromatic nitrogens is 2. The van der Waals surface area contributed by atoms with Crippen molar-refractivity contribution in [2.24, 2.45) is 5.73 Å². The Morgan fingerprint density at radius 1 is 1.45 bits per heavy atom. The molecule has 7 nitrogen and oxygen atoms in total. The van der Waals surface area contributed by atoms with Crippen molar-refractivity contribution in [1.82, 2.24) is 15.3 Å². The van der Waals surface area contributed by atoms with E-state index in [4.69, 9.17) is 10.8 Å². The number of nitrogens with two attached hydrogens (primary N) is 1. The standard InChI is InChI=1S/C13H22N4O3/c14-6-2-1-3-12(13(19)20)16-8-11(18)5-4-10-7-15-9-17-10/h7,9,12,16H,1-6,8,14H2,(H,15,17)(H,19,20)/t12-/m0/s1. The molecule has 0 saturated carbocycles. The van der Waals surface area contributed by atoms with Gasteiger partial charge in [-0.25, -0.2) is 4.98 Å². The van der Waals surface area contributed by atoms with Crippen molar-refractivity contribution in [3.63, 3.8) is 0 Å². The molecule has 0 spiro atoms. The van der Waals surface area contributed by atoms with Crippen molar-refractivity contribution in [3.05, 3.63) is 18.2 Å². The Kier molecular flexibility index (Phi) is 7.52. The van der Waals surface area contributed by atoms with Crippen LogP contribution in [0.4, 0.5) is 0 Å². The average molecular weight is 282 g/mol. The molecule has 1 rings (SSSR count). The first-order valence-electron chi connectivity index (χ1n) is 6.78. The van der Waals surface area contributed by atoms with Crippen LogP contribution in [0.5, 0.6) is 0 Å². The van der Waals surface area contributed by atoms with E-state index in [0.29, 0.717) is 25.8 Å². The van der Waals surface area contributed by atoms with Gasteiger partial charge in [-0.3, -0.25) is 14.9 Å². The van der Waals surface area contributed by atoms with Crippen molar-refractivity contribution in [2.75, 3.05) is 13.1 Å². The minimum absolute atomic E-state index is 0.00956. The molecule has 1 aromatic rings. The zero-order valence-corrected chi connectivity index (χ0v) is 11.5. The lowest BCUT2D eigenvalue weighted by molar-refractivity contribution is -0.139. The first-order valence-corrected chi connectivity index (χ1v) is 6.78. The number of H-pyrrole nitrogens is 1. The van der Waals surface area contributed by atoms with E-state index in [1.807, 2.05) is 0 Å². The molecule has 7 heteroatoms. The van der Waals surface area contributed by atoms with E-state index in [2.05, 4.69) is 15.3 Å². The van der Waals surface area contributed by atoms with Crippen LogP contribution in [-0.4, -0.2) is 46.0 Å². The topological polar surface area (TPSA) is 121 Å². The van der Waals surface area contributed by atoms with Crippen LogP contribution in [0, 0.1) is 0 Å². The molecule has 1 aromatic heterocycles. The van der Waals surface area contributed by atoms with E-state index in [9.17, 15) is 9.59 Å². The van der Waals surface area contributed by atoms with Crippen LogP contribution in [0.3, 0.4) is 0 Å². The Labute approximate surface area is 118 Å². The number of aromatic amines is 1. The SMILES string of the molecule is NCCCC[C@H](NCC(=O)CCc1cnc[nH]1)C(=O)O. The Bertz CT molecular complexity index is 406. The summed E-state index contributed by atoms with van der Waals surface area (Å²) in [6.45, 7) is 0.628. The molecule has 0 aliphatic carbocycles. The van der Waals surface area contributed by atoms with E-state index >= 15 is 0 Å². The fourth-order valence-electron chi connectivity index (χ4n) is 1.83. The fraction of sp³-hybridized carbons (Fsp3) is 0.615. The number of carboxylic acid groups (broad SMARTS) is 1. The summed E-state index contributed by atoms with van der Waals surface area (Å²) in [5, 5.41) is 11.8. The molecule has 0 aliphatic rings. The normalized spacial score (nSPS) is 12.2. The molecule has 0 amide bonds. The number of hydrogen-bond acceptors (Lipinski definition) is 5. The number of Topliss-reactive ketones (excluding diaryl/α,β-unsaturated/α-hetero) is 1. The van der Waals surface area contributed by atoms with E-state index in [-0.39, 0.29) is 12.3 Å². The van der Waals surface area contributed by atoms with Gasteiger partial charge in [-0.1, -0.05) is 6.42 Å². The van der Waals surface area contributed by atoms with E-state index in [0.717, 1.165) is 18.5 Å². The van der Waals surface area contributed by atoms with Crippen LogP contribution < -0.4 is 11.1 Å². The maximum Gasteiger partial charge on any atom is 0.320 e. The van der Waals surface area contributed by atoms with Crippen LogP contribution >= 0.6 is 0 Å². The third-order valence-corrected chi connectivity index (χ3v) is 3.02. The molecular weight excluding hydrogens is 260 g/mol. The number of rotatable bonds is 11. The molecule has 0 radical (unpaired) electrons. The van der Waals surface area contributed by atoms with Gasteiger partial charge in [0.2, 0.25) is 0 Å². The number of carbonyl (C=O) groups excluding carboxylic acids is 1. The summed E-state index contributed by atoms with van der Waals surface area (Å²) in [6, 6.07) is -0.683. The van der Waals surface area contributed by atoms with Crippen LogP contribution in [0.25, 0.3) is 0 Å². The predicted molar refractivity (Wildman–Crippen MR) is 74.2 cm³/mol. The highest BCUT2D eigenvalue weighted by molar-refractivity contribution is 5.81. The van der Waals surface area contributed by atoms with Gasteiger partial charge in [0.05, 0.1) is 12.9 Å². The summed E-state index contributed by atoms with van der Waals surface area (Å²) in [5.74, 6) is -0.937. The molecule has 1 heterocycles. The molecule has 0 fully saturated rings. The molecule has 0 bridgehead atoms. The molecule has 20 heavy (non-hydrogen) atoms. The first-order chi connectivity index (χ1) is 9.63. The summed E-state index contributed by atoms with van der Waals surface area (Å²) in [4.78, 5) is 29.5. The maximum absolute atomic E-state index is 11.7. The second kappa shape index (κ2) is 9.22. The fourth-order valence-corrected chi connectivity index (χ4v) is 1.83. The van der Waals surface area contributed by atoms with Crippen molar-refractivity contribution >= 4 is 11.8 Å². The number of carboxylic acids is 1. The summed E-state index contributed by atoms with van der Waals surface area (Å²) in [6.07, 6.45) is 6.21. The Morgan fingerprint density at radius 3 is 2.85 bits per heavy atom. The maximum atomic E-state index is 11.7. The Balaban J connectivity index is 2.23. The van der Waals surface area contributed by atoms with Crippen LogP contribution in [0.1, 0.15) is 31.4 Å². The number of aryl methyl sites for hydroxylation is 1. The third-order valence-electron chi connectivity index (χ3n) is 3.02. The monoisotopic (exact) mass is 282 g/mol. The highest BCUT2D eigenvalue weighted by Gasteiger charge is 2.17. The second-order valence-corrected chi connectivity index (χ2v) is 4.67. The van der Waals surface area contributed by atoms with Gasteiger partial charge in [-0.05, 0) is 25.8 Å². The number of aliphatic carboxylic acids is 1. The van der Waals surface area contributed by atoms with Gasteiger partial charge >= 0.3 is 5.97 Å². The Morgan fingerprint density at radius 2 is 2.25 bits per heavy atom. The van der Waals surface area contributed by atoms with Crippen molar-refractivity contribution in [2.45, 2.75) is 38.1 Å². The lowest BCUT2D eigenvalue weighted by Gasteiger charge is -2.13. The zero-order valence-electron chi connectivity index (χ0n) is 11.5. The number of nitrogens with zero attached hydrogens (tertiary/aromatic N) is 1. The lowest BCUT2D eigenvalue weighted by atomic mass is 10.1. The summed E-state index contributed by atoms with van der Waals surface area (Å²) in [5.41, 5.74) is 6.27. The third kappa shape index (κ3) is 6.44. The number of hydrogen-bond donors (Lipinski definition) is 4. The number of carbonyl (C=O) groups is 2. The largest absolute Gasteiger partial charge is 0.480 e. The van der Waals surface area contributed by atoms with Crippen molar-refractivity contribution in [1.29, 1.82) is 0 Å². The van der Waals surface area contributed by atoms with Gasteiger partial charge < -0.3 is 15.8 Å². The smallest absolute Gasteiger partial charge is 0.320 e. The molecule has 0 aliphatic heterocycles. The lowest BCUT2D eigenvalue weighted by Crippen LogP contribution is -2.39. The first kappa shape index (κ1) is 16.3. The van der Waals surface area contributed by atoms with Gasteiger partial charge in [0, 0.05) is 18.3 Å². The van der Waals surface area contributed by atoms with E-state index in [1.54, 1.807) is 12.5 Å². The van der Waals surface area contributed by atoms with Gasteiger partial charge in [0.15, 0.2) is 0 Å². The van der Waals surface area contributed by atoms with Crippen LogP contribution in [-0.2, 0) is 16.0 Å². The van der Waals surface area contributed by atoms with Gasteiger partial charge in [-0.15, -0.1) is 0 Å². The molecule has 0 saturated heterocycles. The van der Waals surface area contributed by atoms with Crippen LogP contribution in [0.15, 0.2) is 12.5 Å². The molecule has 0 unspecified atom stereocenters. The number of unbranched alkanes of at least 4 members (excludes halogenated alkanes) is 1. The van der Waals surface area contributed by atoms with Gasteiger partial charge in [0.25, 0.3) is 0 Å². The molecule has 0 aromatic carbocycles. The summed E-state index contributed by atoms with van der Waals surface area (Å²) < 4.78 is 0. The minimum Gasteiger partial charge on any atom is -0.480 e. The van der Waals surface area contributed by atoms with Gasteiger partial charge in [0.1, 0.15) is 11.8 Å². The Hall–Kier alpha value is -1.73. The molecule has 1 atom stereocenters. The number of imidazole rings is 1. The molecule has 5 N–H and O–H groups in total. The summed E-state index contributed by atoms with van der Waals surface area (Å²) in [7, 11) is 0. The van der Waals surface area contributed by atoms with E-state index < -0.39 is 12.0 Å². The minimum atomic E-state index is -0.927. The van der Waals surface area contributed by atoms with Crippen molar-refractivity contribution in [3.8, 4) is 0 Å². The van der Waals surface area contributed by atoms with Crippen LogP contribution in [0.2, 0.25) is 0 Å². The zero-order chi connectivity index (χ0) is 14.8. The second-order valence-electron chi connectivity index (χ2n) is 4.67. The van der Waals surface area contributed by atoms with Crippen molar-refractivity contribution < 1.29 is 14.7 Å². The van der Waals surface area contributed by atoms with E-state index in [1.165, 1.54) is 0 Å². The summed E-state index contributed by atoms with van der Waals surface area (Å²) >= 11 is 0. The average Bonchev–Trinajstić information content (AvgIpc) is 2.93. The predicted octanol–water partition coefficient (Wildman–Crippen LogP) is 0.0832. The molecular formula is C13H22N4O3. The quantitative estimate of drug-likeness (QED) is 0.427. The highest BCUT2D eigenvalue weighted by atomic mass is 16.4. The number of ketones is 1.